The molecule has 2 rings (SSSR count). The Morgan fingerprint density at radius 3 is 3.09 bits per heavy atom. The third-order valence-corrected chi connectivity index (χ3v) is 1.96. The first-order valence-electron chi connectivity index (χ1n) is 3.71. The van der Waals surface area contributed by atoms with Crippen molar-refractivity contribution < 1.29 is 0 Å². The second-order valence-corrected chi connectivity index (χ2v) is 2.88. The van der Waals surface area contributed by atoms with Gasteiger partial charge >= 0.3 is 0 Å². The Hall–Kier alpha value is -1.24. The van der Waals surface area contributed by atoms with E-state index in [1.807, 2.05) is 13.1 Å². The highest BCUT2D eigenvalue weighted by Crippen LogP contribution is 2.15. The second-order valence-electron chi connectivity index (χ2n) is 2.88. The number of benzene rings is 1. The van der Waals surface area contributed by atoms with E-state index in [9.17, 15) is 0 Å². The molecule has 0 saturated heterocycles. The van der Waals surface area contributed by atoms with E-state index in [0.29, 0.717) is 0 Å². The van der Waals surface area contributed by atoms with Gasteiger partial charge in [0.15, 0.2) is 0 Å². The fourth-order valence-corrected chi connectivity index (χ4v) is 1.33. The van der Waals surface area contributed by atoms with Gasteiger partial charge in [-0.2, -0.15) is 0 Å². The van der Waals surface area contributed by atoms with E-state index < -0.39 is 0 Å². The van der Waals surface area contributed by atoms with Gasteiger partial charge in [-0.15, -0.1) is 0 Å². The third-order valence-electron chi connectivity index (χ3n) is 1.96. The standard InChI is InChI=1S/C10H10N/c1-8-3-4-10-9(7-8)5-6-11(10)2/h4-7H,1-2H3. The molecule has 0 aliphatic rings. The summed E-state index contributed by atoms with van der Waals surface area (Å²) in [7, 11) is 2.05. The van der Waals surface area contributed by atoms with E-state index in [4.69, 9.17) is 0 Å². The summed E-state index contributed by atoms with van der Waals surface area (Å²) < 4.78 is 2.10. The number of rotatable bonds is 0. The van der Waals surface area contributed by atoms with Crippen molar-refractivity contribution >= 4 is 10.9 Å². The highest BCUT2D eigenvalue weighted by Gasteiger charge is 1.95. The Kier molecular flexibility index (Phi) is 1.25. The van der Waals surface area contributed by atoms with Gasteiger partial charge in [0.25, 0.3) is 0 Å². The lowest BCUT2D eigenvalue weighted by molar-refractivity contribution is 0.969. The second kappa shape index (κ2) is 2.12. The summed E-state index contributed by atoms with van der Waals surface area (Å²) in [4.78, 5) is 0. The van der Waals surface area contributed by atoms with E-state index >= 15 is 0 Å². The summed E-state index contributed by atoms with van der Waals surface area (Å²) in [6.07, 6.45) is 2.07. The number of hydrogen-bond donors (Lipinski definition) is 0. The molecule has 0 aliphatic carbocycles. The van der Waals surface area contributed by atoms with E-state index in [-0.39, 0.29) is 0 Å². The molecule has 0 bridgehead atoms. The minimum Gasteiger partial charge on any atom is -0.351 e. The molecule has 0 saturated carbocycles. The topological polar surface area (TPSA) is 4.93 Å². The van der Waals surface area contributed by atoms with Crippen LogP contribution in [0.4, 0.5) is 0 Å². The first kappa shape index (κ1) is 6.47. The average Bonchev–Trinajstić information content (AvgIpc) is 2.32. The molecule has 1 heteroatoms. The zero-order valence-corrected chi connectivity index (χ0v) is 6.76. The normalized spacial score (nSPS) is 10.7. The summed E-state index contributed by atoms with van der Waals surface area (Å²) in [5.74, 6) is 0. The smallest absolute Gasteiger partial charge is 0.0484 e. The van der Waals surface area contributed by atoms with Crippen molar-refractivity contribution in [3.8, 4) is 0 Å². The number of nitrogens with zero attached hydrogens (tertiary/aromatic N) is 1. The molecular formula is C10H10N. The van der Waals surface area contributed by atoms with E-state index in [1.165, 1.54) is 16.5 Å². The average molecular weight is 144 g/mol. The summed E-state index contributed by atoms with van der Waals surface area (Å²) >= 11 is 0. The molecule has 0 N–H and O–H groups in total. The molecule has 55 valence electrons. The lowest BCUT2D eigenvalue weighted by atomic mass is 10.2. The van der Waals surface area contributed by atoms with Gasteiger partial charge in [-0.3, -0.25) is 0 Å². The summed E-state index contributed by atoms with van der Waals surface area (Å²) in [5, 5.41) is 1.30. The zero-order chi connectivity index (χ0) is 7.84. The summed E-state index contributed by atoms with van der Waals surface area (Å²) in [6.45, 7) is 2.06. The molecule has 0 spiro atoms. The zero-order valence-electron chi connectivity index (χ0n) is 6.76. The summed E-state index contributed by atoms with van der Waals surface area (Å²) in [6, 6.07) is 9.48. The van der Waals surface area contributed by atoms with Gasteiger partial charge in [0.2, 0.25) is 0 Å². The van der Waals surface area contributed by atoms with Crippen molar-refractivity contribution in [3.05, 3.63) is 36.0 Å². The maximum absolute atomic E-state index is 3.18. The number of fused-ring (bicyclic) bond motifs is 1. The molecule has 0 unspecified atom stereocenters. The minimum absolute atomic E-state index is 1.20. The fourth-order valence-electron chi connectivity index (χ4n) is 1.33. The van der Waals surface area contributed by atoms with E-state index in [0.717, 1.165) is 0 Å². The highest BCUT2D eigenvalue weighted by atomic mass is 14.9. The van der Waals surface area contributed by atoms with Gasteiger partial charge < -0.3 is 4.57 Å². The predicted molar refractivity (Wildman–Crippen MR) is 46.5 cm³/mol. The van der Waals surface area contributed by atoms with Crippen LogP contribution in [0, 0.1) is 13.0 Å². The number of aryl methyl sites for hydroxylation is 2. The van der Waals surface area contributed by atoms with Gasteiger partial charge in [0, 0.05) is 18.8 Å². The van der Waals surface area contributed by atoms with Gasteiger partial charge in [-0.1, -0.05) is 0 Å². The van der Waals surface area contributed by atoms with Crippen LogP contribution in [0.3, 0.4) is 0 Å². The van der Waals surface area contributed by atoms with Gasteiger partial charge in [0.05, 0.1) is 0 Å². The Morgan fingerprint density at radius 1 is 1.45 bits per heavy atom. The third kappa shape index (κ3) is 0.929. The van der Waals surface area contributed by atoms with Crippen LogP contribution in [0.1, 0.15) is 5.56 Å². The van der Waals surface area contributed by atoms with Crippen molar-refractivity contribution in [2.45, 2.75) is 6.92 Å². The SMILES string of the molecule is Cc1[c]cc2c(ccn2C)c1. The molecule has 1 aromatic heterocycles. The molecule has 0 fully saturated rings. The molecule has 1 nitrogen and oxygen atoms in total. The van der Waals surface area contributed by atoms with Crippen molar-refractivity contribution in [1.29, 1.82) is 0 Å². The minimum atomic E-state index is 1.20. The molecule has 2 aromatic rings. The molecule has 11 heavy (non-hydrogen) atoms. The van der Waals surface area contributed by atoms with Crippen LogP contribution < -0.4 is 0 Å². The van der Waals surface area contributed by atoms with Gasteiger partial charge in [-0.25, -0.2) is 0 Å². The molecule has 1 radical (unpaired) electrons. The fraction of sp³-hybridized carbons (Fsp3) is 0.200. The van der Waals surface area contributed by atoms with Crippen LogP contribution in [-0.4, -0.2) is 4.57 Å². The van der Waals surface area contributed by atoms with Crippen molar-refractivity contribution in [2.24, 2.45) is 7.05 Å². The van der Waals surface area contributed by atoms with E-state index in [1.54, 1.807) is 0 Å². The van der Waals surface area contributed by atoms with E-state index in [2.05, 4.69) is 35.9 Å². The molecular weight excluding hydrogens is 134 g/mol. The maximum atomic E-state index is 3.18. The Morgan fingerprint density at radius 2 is 2.27 bits per heavy atom. The highest BCUT2D eigenvalue weighted by molar-refractivity contribution is 5.80. The Balaban J connectivity index is 2.86. The lowest BCUT2D eigenvalue weighted by Crippen LogP contribution is -1.83. The largest absolute Gasteiger partial charge is 0.351 e. The molecule has 1 heterocycles. The molecule has 1 aromatic carbocycles. The van der Waals surface area contributed by atoms with Crippen molar-refractivity contribution in [1.82, 2.24) is 4.57 Å². The van der Waals surface area contributed by atoms with Crippen LogP contribution >= 0.6 is 0 Å². The molecule has 0 aliphatic heterocycles. The van der Waals surface area contributed by atoms with Crippen LogP contribution in [0.25, 0.3) is 10.9 Å². The van der Waals surface area contributed by atoms with Crippen LogP contribution in [0.5, 0.6) is 0 Å². The first-order valence-corrected chi connectivity index (χ1v) is 3.71. The van der Waals surface area contributed by atoms with Crippen LogP contribution in [0.15, 0.2) is 24.4 Å². The van der Waals surface area contributed by atoms with Crippen molar-refractivity contribution in [3.63, 3.8) is 0 Å². The quantitative estimate of drug-likeness (QED) is 0.534. The van der Waals surface area contributed by atoms with Gasteiger partial charge in [0.1, 0.15) is 0 Å². The van der Waals surface area contributed by atoms with Gasteiger partial charge in [-0.05, 0) is 42.1 Å². The molecule has 0 amide bonds. The Labute approximate surface area is 66.3 Å². The number of hydrogen-bond acceptors (Lipinski definition) is 0. The Bertz CT molecular complexity index is 385. The summed E-state index contributed by atoms with van der Waals surface area (Å²) in [5.41, 5.74) is 2.44. The predicted octanol–water partition coefficient (Wildman–Crippen LogP) is 2.29. The lowest BCUT2D eigenvalue weighted by Gasteiger charge is -1.95. The molecule has 0 atom stereocenters. The first-order chi connectivity index (χ1) is 5.27. The number of aromatic nitrogens is 1. The van der Waals surface area contributed by atoms with Crippen LogP contribution in [-0.2, 0) is 7.05 Å². The van der Waals surface area contributed by atoms with Crippen LogP contribution in [0.2, 0.25) is 0 Å². The maximum Gasteiger partial charge on any atom is 0.0484 e. The monoisotopic (exact) mass is 144 g/mol. The van der Waals surface area contributed by atoms with Crippen molar-refractivity contribution in [2.75, 3.05) is 0 Å².